The van der Waals surface area contributed by atoms with E-state index >= 15 is 0 Å². The lowest BCUT2D eigenvalue weighted by molar-refractivity contribution is -0.302. The number of alkyl halides is 12. The van der Waals surface area contributed by atoms with Crippen molar-refractivity contribution in [3.63, 3.8) is 0 Å². The third-order valence-electron chi connectivity index (χ3n) is 3.88. The number of benzene rings is 1. The number of nitrogens with zero attached hydrogens (tertiary/aromatic N) is 3. The highest BCUT2D eigenvalue weighted by Crippen LogP contribution is 2.38. The predicted octanol–water partition coefficient (Wildman–Crippen LogP) is 5.54. The second-order valence-electron chi connectivity index (χ2n) is 6.81. The van der Waals surface area contributed by atoms with E-state index in [0.717, 1.165) is 24.3 Å². The Bertz CT molecular complexity index is 1020. The van der Waals surface area contributed by atoms with Gasteiger partial charge in [0.05, 0.1) is 12.2 Å². The molecule has 0 unspecified atom stereocenters. The molecule has 20 heteroatoms. The fraction of sp³-hybridized carbons (Fsp3) is 0.444. The first-order chi connectivity index (χ1) is 17.2. The van der Waals surface area contributed by atoms with Gasteiger partial charge in [-0.2, -0.15) is 62.7 Å². The summed E-state index contributed by atoms with van der Waals surface area (Å²) < 4.78 is 166. The Morgan fingerprint density at radius 2 is 1.13 bits per heavy atom. The van der Waals surface area contributed by atoms with Gasteiger partial charge < -0.3 is 19.5 Å². The number of ether oxygens (including phenoxy) is 3. The smallest absolute Gasteiger partial charge is 0.434 e. The second-order valence-corrected chi connectivity index (χ2v) is 6.81. The van der Waals surface area contributed by atoms with Crippen molar-refractivity contribution < 1.29 is 71.7 Å². The highest BCUT2D eigenvalue weighted by Gasteiger charge is 2.61. The molecule has 1 aromatic carbocycles. The molecule has 2 aromatic rings. The van der Waals surface area contributed by atoms with Crippen LogP contribution in [0.5, 0.6) is 12.0 Å². The van der Waals surface area contributed by atoms with Gasteiger partial charge in [0.2, 0.25) is 5.95 Å². The predicted molar refractivity (Wildman–Crippen MR) is 98.6 cm³/mol. The Labute approximate surface area is 202 Å². The summed E-state index contributed by atoms with van der Waals surface area (Å²) in [7, 11) is 0. The number of nitrogens with one attached hydrogen (secondary N) is 1. The molecule has 0 amide bonds. The number of rotatable bonds is 8. The molecule has 0 radical (unpaired) electrons. The first kappa shape index (κ1) is 30.5. The maximum absolute atomic E-state index is 12.8. The van der Waals surface area contributed by atoms with E-state index in [9.17, 15) is 57.5 Å². The summed E-state index contributed by atoms with van der Waals surface area (Å²) in [5.41, 5.74) is -0.218. The molecule has 212 valence electrons. The van der Waals surface area contributed by atoms with Crippen LogP contribution in [0.4, 0.5) is 64.3 Å². The lowest BCUT2D eigenvalue weighted by Gasteiger charge is -2.24. The van der Waals surface area contributed by atoms with Gasteiger partial charge in [-0.05, 0) is 31.2 Å². The summed E-state index contributed by atoms with van der Waals surface area (Å²) in [6.45, 7) is 1.50. The van der Waals surface area contributed by atoms with Crippen LogP contribution in [0.2, 0.25) is 0 Å². The van der Waals surface area contributed by atoms with Crippen molar-refractivity contribution in [2.45, 2.75) is 43.8 Å². The van der Waals surface area contributed by atoms with Crippen LogP contribution in [0.3, 0.4) is 0 Å². The second kappa shape index (κ2) is 10.9. The van der Waals surface area contributed by atoms with Gasteiger partial charge in [0.1, 0.15) is 0 Å². The SMILES string of the molecule is CCOC(=O)c1ccc(Nc2nc(OC(C(F)(F)F)C(F)(F)F)nc(OC(C(F)(F)F)C(F)(F)F)n2)cc1. The number of aromatic nitrogens is 3. The third-order valence-corrected chi connectivity index (χ3v) is 3.88. The maximum atomic E-state index is 12.8. The van der Waals surface area contributed by atoms with Gasteiger partial charge in [-0.25, -0.2) is 4.79 Å². The number of anilines is 2. The molecule has 0 fully saturated rings. The van der Waals surface area contributed by atoms with Crippen LogP contribution >= 0.6 is 0 Å². The number of halogens is 12. The molecular weight excluding hydrogens is 564 g/mol. The summed E-state index contributed by atoms with van der Waals surface area (Å²) in [5, 5.41) is 2.08. The van der Waals surface area contributed by atoms with Gasteiger partial charge in [0.25, 0.3) is 12.2 Å². The molecule has 0 saturated carbocycles. The van der Waals surface area contributed by atoms with Crippen LogP contribution in [0.25, 0.3) is 0 Å². The van der Waals surface area contributed by atoms with Gasteiger partial charge in [-0.3, -0.25) is 0 Å². The quantitative estimate of drug-likeness (QED) is 0.324. The van der Waals surface area contributed by atoms with Crippen LogP contribution in [0.15, 0.2) is 24.3 Å². The van der Waals surface area contributed by atoms with Crippen LogP contribution in [0, 0.1) is 0 Å². The van der Waals surface area contributed by atoms with Gasteiger partial charge in [-0.1, -0.05) is 0 Å². The van der Waals surface area contributed by atoms with Crippen LogP contribution in [0.1, 0.15) is 17.3 Å². The molecular formula is C18H12F12N4O4. The van der Waals surface area contributed by atoms with E-state index in [0.29, 0.717) is 0 Å². The maximum Gasteiger partial charge on any atom is 0.434 e. The molecule has 0 aliphatic heterocycles. The fourth-order valence-corrected chi connectivity index (χ4v) is 2.38. The standard InChI is InChI=1S/C18H12F12N4O4/c1-2-36-9(35)7-3-5-8(6-4-7)31-12-32-13(37-10(15(19,20)21)16(22,23)24)34-14(33-12)38-11(17(25,26)27)18(28,29)30/h3-6,10-11H,2H2,1H3,(H,31,32,33,34). The van der Waals surface area contributed by atoms with Crippen molar-refractivity contribution in [2.75, 3.05) is 11.9 Å². The molecule has 1 aromatic heterocycles. The van der Waals surface area contributed by atoms with Gasteiger partial charge >= 0.3 is 42.7 Å². The van der Waals surface area contributed by atoms with Crippen LogP contribution < -0.4 is 14.8 Å². The first-order valence-electron chi connectivity index (χ1n) is 9.62. The molecule has 2 rings (SSSR count). The van der Waals surface area contributed by atoms with E-state index < -0.39 is 60.9 Å². The lowest BCUT2D eigenvalue weighted by atomic mass is 10.2. The highest BCUT2D eigenvalue weighted by atomic mass is 19.4. The number of esters is 1. The molecule has 8 nitrogen and oxygen atoms in total. The fourth-order valence-electron chi connectivity index (χ4n) is 2.38. The van der Waals surface area contributed by atoms with Crippen molar-refractivity contribution in [3.05, 3.63) is 29.8 Å². The van der Waals surface area contributed by atoms with Crippen molar-refractivity contribution in [2.24, 2.45) is 0 Å². The van der Waals surface area contributed by atoms with Gasteiger partial charge in [0.15, 0.2) is 0 Å². The molecule has 0 aliphatic carbocycles. The van der Waals surface area contributed by atoms with Crippen molar-refractivity contribution in [1.29, 1.82) is 0 Å². The topological polar surface area (TPSA) is 95.5 Å². The van der Waals surface area contributed by atoms with Crippen LogP contribution in [-0.4, -0.2) is 64.4 Å². The Morgan fingerprint density at radius 1 is 0.737 bits per heavy atom. The average Bonchev–Trinajstić information content (AvgIpc) is 2.73. The lowest BCUT2D eigenvalue weighted by Crippen LogP contribution is -2.47. The Hall–Kier alpha value is -3.74. The summed E-state index contributed by atoms with van der Waals surface area (Å²) in [6, 6.07) is 0.345. The number of hydrogen-bond acceptors (Lipinski definition) is 8. The van der Waals surface area contributed by atoms with E-state index in [2.05, 4.69) is 29.7 Å². The summed E-state index contributed by atoms with van der Waals surface area (Å²) in [6.07, 6.45) is -33.8. The Kier molecular flexibility index (Phi) is 8.77. The molecule has 0 saturated heterocycles. The minimum Gasteiger partial charge on any atom is -0.462 e. The van der Waals surface area contributed by atoms with E-state index in [1.165, 1.54) is 6.92 Å². The largest absolute Gasteiger partial charge is 0.462 e. The number of carbonyl (C=O) groups excluding carboxylic acids is 1. The average molecular weight is 576 g/mol. The summed E-state index contributed by atoms with van der Waals surface area (Å²) >= 11 is 0. The van der Waals surface area contributed by atoms with E-state index in [1.54, 1.807) is 0 Å². The van der Waals surface area contributed by atoms with Gasteiger partial charge in [-0.15, -0.1) is 4.98 Å². The number of carbonyl (C=O) groups is 1. The zero-order valence-electron chi connectivity index (χ0n) is 18.2. The molecule has 1 N–H and O–H groups in total. The zero-order chi connectivity index (χ0) is 29.1. The normalized spacial score (nSPS) is 13.0. The highest BCUT2D eigenvalue weighted by molar-refractivity contribution is 5.89. The van der Waals surface area contributed by atoms with Crippen molar-refractivity contribution in [1.82, 2.24) is 15.0 Å². The Balaban J connectivity index is 2.51. The summed E-state index contributed by atoms with van der Waals surface area (Å²) in [5.74, 6) is -1.97. The van der Waals surface area contributed by atoms with Gasteiger partial charge in [0, 0.05) is 5.69 Å². The zero-order valence-corrected chi connectivity index (χ0v) is 18.2. The molecule has 0 atom stereocenters. The van der Waals surface area contributed by atoms with Crippen molar-refractivity contribution in [3.8, 4) is 12.0 Å². The van der Waals surface area contributed by atoms with E-state index in [4.69, 9.17) is 4.74 Å². The first-order valence-corrected chi connectivity index (χ1v) is 9.62. The molecule has 0 bridgehead atoms. The minimum absolute atomic E-state index is 0.00291. The monoisotopic (exact) mass is 576 g/mol. The van der Waals surface area contributed by atoms with Crippen molar-refractivity contribution >= 4 is 17.6 Å². The molecule has 1 heterocycles. The molecule has 0 aliphatic rings. The summed E-state index contributed by atoms with van der Waals surface area (Å²) in [4.78, 5) is 20.3. The number of hydrogen-bond donors (Lipinski definition) is 1. The van der Waals surface area contributed by atoms with E-state index in [1.807, 2.05) is 0 Å². The minimum atomic E-state index is -6.15. The van der Waals surface area contributed by atoms with E-state index in [-0.39, 0.29) is 17.9 Å². The molecule has 38 heavy (non-hydrogen) atoms. The third kappa shape index (κ3) is 8.40. The molecule has 0 spiro atoms. The van der Waals surface area contributed by atoms with Crippen LogP contribution in [-0.2, 0) is 4.74 Å². The Morgan fingerprint density at radius 3 is 1.47 bits per heavy atom.